The van der Waals surface area contributed by atoms with Gasteiger partial charge in [0, 0.05) is 11.6 Å². The van der Waals surface area contributed by atoms with Crippen molar-refractivity contribution in [3.63, 3.8) is 0 Å². The van der Waals surface area contributed by atoms with E-state index < -0.39 is 11.7 Å². The Morgan fingerprint density at radius 1 is 1.39 bits per heavy atom. The molecule has 0 aliphatic rings. The van der Waals surface area contributed by atoms with Crippen molar-refractivity contribution >= 4 is 11.8 Å². The standard InChI is InChI=1S/C13H17FN2O2/c1-3-9(2)16-12(17)8-15-13(18)10-5-4-6-11(14)7-10/h4-7,9H,3,8H2,1-2H3,(H,15,18)(H,16,17). The van der Waals surface area contributed by atoms with E-state index in [2.05, 4.69) is 10.6 Å². The molecule has 1 rings (SSSR count). The van der Waals surface area contributed by atoms with Crippen molar-refractivity contribution in [1.29, 1.82) is 0 Å². The van der Waals surface area contributed by atoms with E-state index in [1.165, 1.54) is 18.2 Å². The summed E-state index contributed by atoms with van der Waals surface area (Å²) in [6.07, 6.45) is 0.823. The van der Waals surface area contributed by atoms with Gasteiger partial charge < -0.3 is 10.6 Å². The molecule has 0 fully saturated rings. The molecule has 98 valence electrons. The van der Waals surface area contributed by atoms with Crippen molar-refractivity contribution in [3.05, 3.63) is 35.6 Å². The lowest BCUT2D eigenvalue weighted by atomic mass is 10.2. The van der Waals surface area contributed by atoms with Gasteiger partial charge in [-0.25, -0.2) is 4.39 Å². The van der Waals surface area contributed by atoms with Crippen LogP contribution in [0.5, 0.6) is 0 Å². The van der Waals surface area contributed by atoms with Crippen LogP contribution in [0.4, 0.5) is 4.39 Å². The third-order valence-corrected chi connectivity index (χ3v) is 2.52. The third kappa shape index (κ3) is 4.53. The maximum absolute atomic E-state index is 12.9. The minimum absolute atomic E-state index is 0.0728. The minimum Gasteiger partial charge on any atom is -0.352 e. The summed E-state index contributed by atoms with van der Waals surface area (Å²) in [6.45, 7) is 3.72. The number of halogens is 1. The molecule has 4 nitrogen and oxygen atoms in total. The number of amides is 2. The maximum Gasteiger partial charge on any atom is 0.251 e. The fraction of sp³-hybridized carbons (Fsp3) is 0.385. The van der Waals surface area contributed by atoms with E-state index >= 15 is 0 Å². The first-order chi connectivity index (χ1) is 8.52. The molecule has 0 aliphatic heterocycles. The zero-order chi connectivity index (χ0) is 13.5. The highest BCUT2D eigenvalue weighted by Crippen LogP contribution is 2.02. The smallest absolute Gasteiger partial charge is 0.251 e. The summed E-state index contributed by atoms with van der Waals surface area (Å²) in [6, 6.07) is 5.39. The normalized spacial score (nSPS) is 11.7. The summed E-state index contributed by atoms with van der Waals surface area (Å²) < 4.78 is 12.9. The van der Waals surface area contributed by atoms with Crippen LogP contribution < -0.4 is 10.6 Å². The van der Waals surface area contributed by atoms with Gasteiger partial charge in [-0.3, -0.25) is 9.59 Å². The maximum atomic E-state index is 12.9. The third-order valence-electron chi connectivity index (χ3n) is 2.52. The Balaban J connectivity index is 2.44. The van der Waals surface area contributed by atoms with E-state index in [4.69, 9.17) is 0 Å². The minimum atomic E-state index is -0.480. The Morgan fingerprint density at radius 3 is 2.72 bits per heavy atom. The molecule has 5 heteroatoms. The Kier molecular flexibility index (Phi) is 5.30. The number of carbonyl (C=O) groups excluding carboxylic acids is 2. The van der Waals surface area contributed by atoms with Crippen LogP contribution in [0.3, 0.4) is 0 Å². The fourth-order valence-corrected chi connectivity index (χ4v) is 1.32. The first-order valence-electron chi connectivity index (χ1n) is 5.86. The lowest BCUT2D eigenvalue weighted by molar-refractivity contribution is -0.120. The van der Waals surface area contributed by atoms with E-state index in [1.807, 2.05) is 13.8 Å². The number of hydrogen-bond donors (Lipinski definition) is 2. The van der Waals surface area contributed by atoms with Gasteiger partial charge in [0.1, 0.15) is 5.82 Å². The van der Waals surface area contributed by atoms with Gasteiger partial charge in [0.2, 0.25) is 5.91 Å². The molecular formula is C13H17FN2O2. The molecule has 18 heavy (non-hydrogen) atoms. The Morgan fingerprint density at radius 2 is 2.11 bits per heavy atom. The molecule has 0 spiro atoms. The molecule has 1 atom stereocenters. The molecular weight excluding hydrogens is 235 g/mol. The number of hydrogen-bond acceptors (Lipinski definition) is 2. The van der Waals surface area contributed by atoms with Gasteiger partial charge in [0.05, 0.1) is 6.54 Å². The summed E-state index contributed by atoms with van der Waals surface area (Å²) in [5, 5.41) is 5.16. The molecule has 1 unspecified atom stereocenters. The number of nitrogens with one attached hydrogen (secondary N) is 2. The van der Waals surface area contributed by atoms with Crippen LogP contribution >= 0.6 is 0 Å². The average molecular weight is 252 g/mol. The first kappa shape index (κ1) is 14.2. The van der Waals surface area contributed by atoms with Crippen molar-refractivity contribution in [2.24, 2.45) is 0 Å². The second-order valence-electron chi connectivity index (χ2n) is 4.07. The molecule has 2 N–H and O–H groups in total. The predicted molar refractivity (Wildman–Crippen MR) is 66.6 cm³/mol. The van der Waals surface area contributed by atoms with Crippen LogP contribution in [-0.2, 0) is 4.79 Å². The Bertz CT molecular complexity index is 435. The predicted octanol–water partition coefficient (Wildman–Crippen LogP) is 1.47. The van der Waals surface area contributed by atoms with Crippen LogP contribution in [0.2, 0.25) is 0 Å². The zero-order valence-corrected chi connectivity index (χ0v) is 10.5. The molecule has 0 aliphatic carbocycles. The van der Waals surface area contributed by atoms with Crippen molar-refractivity contribution in [3.8, 4) is 0 Å². The first-order valence-corrected chi connectivity index (χ1v) is 5.86. The van der Waals surface area contributed by atoms with Gasteiger partial charge in [-0.15, -0.1) is 0 Å². The highest BCUT2D eigenvalue weighted by Gasteiger charge is 2.09. The molecule has 0 saturated heterocycles. The van der Waals surface area contributed by atoms with Crippen LogP contribution in [0.25, 0.3) is 0 Å². The van der Waals surface area contributed by atoms with Gasteiger partial charge >= 0.3 is 0 Å². The number of benzene rings is 1. The van der Waals surface area contributed by atoms with Crippen LogP contribution in [0.1, 0.15) is 30.6 Å². The van der Waals surface area contributed by atoms with Gasteiger partial charge in [0.15, 0.2) is 0 Å². The Labute approximate surface area is 106 Å². The molecule has 0 radical (unpaired) electrons. The summed E-state index contributed by atoms with van der Waals surface area (Å²) in [5.41, 5.74) is 0.200. The highest BCUT2D eigenvalue weighted by atomic mass is 19.1. The van der Waals surface area contributed by atoms with E-state index in [1.54, 1.807) is 0 Å². The summed E-state index contributed by atoms with van der Waals surface area (Å²) in [4.78, 5) is 23.0. The van der Waals surface area contributed by atoms with Crippen molar-refractivity contribution in [1.82, 2.24) is 10.6 Å². The number of rotatable bonds is 5. The van der Waals surface area contributed by atoms with Crippen molar-refractivity contribution < 1.29 is 14.0 Å². The van der Waals surface area contributed by atoms with Gasteiger partial charge in [-0.05, 0) is 31.5 Å². The largest absolute Gasteiger partial charge is 0.352 e. The zero-order valence-electron chi connectivity index (χ0n) is 10.5. The quantitative estimate of drug-likeness (QED) is 0.833. The van der Waals surface area contributed by atoms with Crippen LogP contribution in [0, 0.1) is 5.82 Å². The van der Waals surface area contributed by atoms with E-state index in [0.717, 1.165) is 12.5 Å². The molecule has 0 heterocycles. The summed E-state index contributed by atoms with van der Waals surface area (Å²) >= 11 is 0. The molecule has 0 bridgehead atoms. The lowest BCUT2D eigenvalue weighted by Crippen LogP contribution is -2.40. The molecule has 0 saturated carbocycles. The van der Waals surface area contributed by atoms with Crippen LogP contribution in [0.15, 0.2) is 24.3 Å². The summed E-state index contributed by atoms with van der Waals surface area (Å²) in [5.74, 6) is -1.20. The highest BCUT2D eigenvalue weighted by molar-refractivity contribution is 5.96. The van der Waals surface area contributed by atoms with Crippen molar-refractivity contribution in [2.75, 3.05) is 6.54 Å². The van der Waals surface area contributed by atoms with Gasteiger partial charge in [-0.1, -0.05) is 13.0 Å². The lowest BCUT2D eigenvalue weighted by Gasteiger charge is -2.11. The molecule has 1 aromatic rings. The second-order valence-corrected chi connectivity index (χ2v) is 4.07. The van der Waals surface area contributed by atoms with E-state index in [-0.39, 0.29) is 24.1 Å². The fourth-order valence-electron chi connectivity index (χ4n) is 1.32. The second kappa shape index (κ2) is 6.74. The topological polar surface area (TPSA) is 58.2 Å². The number of carbonyl (C=O) groups is 2. The van der Waals surface area contributed by atoms with Gasteiger partial charge in [-0.2, -0.15) is 0 Å². The molecule has 2 amide bonds. The summed E-state index contributed by atoms with van der Waals surface area (Å²) in [7, 11) is 0. The molecule has 1 aromatic carbocycles. The SMILES string of the molecule is CCC(C)NC(=O)CNC(=O)c1cccc(F)c1. The molecule has 0 aromatic heterocycles. The Hall–Kier alpha value is -1.91. The van der Waals surface area contributed by atoms with E-state index in [0.29, 0.717) is 0 Å². The monoisotopic (exact) mass is 252 g/mol. The van der Waals surface area contributed by atoms with Gasteiger partial charge in [0.25, 0.3) is 5.91 Å². The van der Waals surface area contributed by atoms with Crippen LogP contribution in [-0.4, -0.2) is 24.4 Å². The average Bonchev–Trinajstić information content (AvgIpc) is 2.35. The van der Waals surface area contributed by atoms with Crippen molar-refractivity contribution in [2.45, 2.75) is 26.3 Å². The van der Waals surface area contributed by atoms with E-state index in [9.17, 15) is 14.0 Å².